The normalized spacial score (nSPS) is 14.9. The Balaban J connectivity index is 2.01. The van der Waals surface area contributed by atoms with Gasteiger partial charge in [-0.3, -0.25) is 4.79 Å². The van der Waals surface area contributed by atoms with Crippen molar-refractivity contribution in [1.29, 1.82) is 0 Å². The van der Waals surface area contributed by atoms with E-state index in [9.17, 15) is 9.59 Å². The third-order valence-electron chi connectivity index (χ3n) is 2.95. The Hall–Kier alpha value is -2.28. The summed E-state index contributed by atoms with van der Waals surface area (Å²) in [5, 5.41) is 9.04. The number of ether oxygens (including phenoxy) is 2. The molecule has 108 valence electrons. The molecule has 1 saturated heterocycles. The summed E-state index contributed by atoms with van der Waals surface area (Å²) in [4.78, 5) is 24.6. The number of amides is 1. The number of carboxylic acids is 1. The average Bonchev–Trinajstić information content (AvgIpc) is 2.45. The Kier molecular flexibility index (Phi) is 4.41. The molecule has 0 saturated carbocycles. The van der Waals surface area contributed by atoms with Gasteiger partial charge < -0.3 is 25.2 Å². The molecule has 2 rings (SSSR count). The zero-order valence-corrected chi connectivity index (χ0v) is 10.9. The van der Waals surface area contributed by atoms with Crippen LogP contribution in [0, 0.1) is 0 Å². The fourth-order valence-corrected chi connectivity index (χ4v) is 1.88. The van der Waals surface area contributed by atoms with Gasteiger partial charge in [-0.1, -0.05) is 0 Å². The van der Waals surface area contributed by atoms with E-state index in [-0.39, 0.29) is 23.8 Å². The van der Waals surface area contributed by atoms with Crippen LogP contribution in [-0.4, -0.2) is 54.8 Å². The van der Waals surface area contributed by atoms with Crippen molar-refractivity contribution in [1.82, 2.24) is 4.90 Å². The van der Waals surface area contributed by atoms with E-state index in [0.717, 1.165) is 0 Å². The molecular formula is C13H16N2O5. The first-order valence-electron chi connectivity index (χ1n) is 6.19. The summed E-state index contributed by atoms with van der Waals surface area (Å²) in [7, 11) is 0. The lowest BCUT2D eigenvalue weighted by atomic mass is 10.2. The van der Waals surface area contributed by atoms with Crippen LogP contribution in [0.5, 0.6) is 5.75 Å². The maximum atomic E-state index is 11.9. The van der Waals surface area contributed by atoms with Crippen molar-refractivity contribution in [2.75, 3.05) is 38.6 Å². The number of carboxylic acid groups (broad SMARTS) is 1. The minimum absolute atomic E-state index is 0.0195. The summed E-state index contributed by atoms with van der Waals surface area (Å²) in [6, 6.07) is 4.22. The number of aromatic carboxylic acids is 1. The zero-order chi connectivity index (χ0) is 14.5. The Morgan fingerprint density at radius 3 is 2.70 bits per heavy atom. The first kappa shape index (κ1) is 14.1. The second-order valence-electron chi connectivity index (χ2n) is 4.34. The van der Waals surface area contributed by atoms with E-state index in [4.69, 9.17) is 20.3 Å². The predicted octanol–water partition coefficient (Wildman–Crippen LogP) is 0.205. The van der Waals surface area contributed by atoms with Crippen LogP contribution >= 0.6 is 0 Å². The van der Waals surface area contributed by atoms with Gasteiger partial charge in [0.1, 0.15) is 11.3 Å². The van der Waals surface area contributed by atoms with Crippen LogP contribution in [0.25, 0.3) is 0 Å². The maximum Gasteiger partial charge on any atom is 0.339 e. The molecule has 20 heavy (non-hydrogen) atoms. The molecule has 3 N–H and O–H groups in total. The smallest absolute Gasteiger partial charge is 0.339 e. The van der Waals surface area contributed by atoms with Crippen LogP contribution in [0.3, 0.4) is 0 Å². The zero-order valence-electron chi connectivity index (χ0n) is 10.9. The summed E-state index contributed by atoms with van der Waals surface area (Å²) in [6.07, 6.45) is 0. The number of nitrogen functional groups attached to an aromatic ring is 1. The summed E-state index contributed by atoms with van der Waals surface area (Å²) in [5.41, 5.74) is 5.95. The molecule has 1 aliphatic rings. The largest absolute Gasteiger partial charge is 0.483 e. The van der Waals surface area contributed by atoms with Gasteiger partial charge in [0.05, 0.1) is 13.2 Å². The molecule has 1 aromatic rings. The molecule has 0 bridgehead atoms. The van der Waals surface area contributed by atoms with Gasteiger partial charge in [0.25, 0.3) is 5.91 Å². The SMILES string of the molecule is Nc1ccc(C(=O)O)c(OCC(=O)N2CCOCC2)c1. The fraction of sp³-hybridized carbons (Fsp3) is 0.385. The monoisotopic (exact) mass is 280 g/mol. The van der Waals surface area contributed by atoms with Gasteiger partial charge in [-0.2, -0.15) is 0 Å². The molecule has 0 unspecified atom stereocenters. The molecule has 1 heterocycles. The first-order chi connectivity index (χ1) is 9.58. The van der Waals surface area contributed by atoms with Crippen LogP contribution in [0.4, 0.5) is 5.69 Å². The Morgan fingerprint density at radius 1 is 1.35 bits per heavy atom. The van der Waals surface area contributed by atoms with E-state index in [2.05, 4.69) is 0 Å². The Morgan fingerprint density at radius 2 is 2.05 bits per heavy atom. The van der Waals surface area contributed by atoms with Gasteiger partial charge in [-0.25, -0.2) is 4.79 Å². The van der Waals surface area contributed by atoms with Crippen molar-refractivity contribution in [3.05, 3.63) is 23.8 Å². The van der Waals surface area contributed by atoms with E-state index in [1.807, 2.05) is 0 Å². The van der Waals surface area contributed by atoms with Gasteiger partial charge in [-0.15, -0.1) is 0 Å². The van der Waals surface area contributed by atoms with Crippen LogP contribution in [0.15, 0.2) is 18.2 Å². The number of carbonyl (C=O) groups excluding carboxylic acids is 1. The molecule has 7 heteroatoms. The quantitative estimate of drug-likeness (QED) is 0.764. The fourth-order valence-electron chi connectivity index (χ4n) is 1.88. The summed E-state index contributed by atoms with van der Waals surface area (Å²) >= 11 is 0. The molecule has 0 aliphatic carbocycles. The molecule has 1 aromatic carbocycles. The molecule has 1 aliphatic heterocycles. The van der Waals surface area contributed by atoms with E-state index in [1.54, 1.807) is 4.90 Å². The van der Waals surface area contributed by atoms with Crippen molar-refractivity contribution in [2.45, 2.75) is 0 Å². The highest BCUT2D eigenvalue weighted by atomic mass is 16.5. The summed E-state index contributed by atoms with van der Waals surface area (Å²) in [6.45, 7) is 1.83. The Labute approximate surface area is 115 Å². The molecule has 0 atom stereocenters. The number of benzene rings is 1. The van der Waals surface area contributed by atoms with Crippen molar-refractivity contribution < 1.29 is 24.2 Å². The molecule has 1 amide bonds. The second kappa shape index (κ2) is 6.25. The second-order valence-corrected chi connectivity index (χ2v) is 4.34. The highest BCUT2D eigenvalue weighted by molar-refractivity contribution is 5.91. The first-order valence-corrected chi connectivity index (χ1v) is 6.19. The van der Waals surface area contributed by atoms with Crippen LogP contribution in [0.2, 0.25) is 0 Å². The van der Waals surface area contributed by atoms with Gasteiger partial charge in [0.15, 0.2) is 6.61 Å². The van der Waals surface area contributed by atoms with Crippen molar-refractivity contribution in [3.8, 4) is 5.75 Å². The highest BCUT2D eigenvalue weighted by Crippen LogP contribution is 2.22. The minimum atomic E-state index is -1.13. The molecule has 0 spiro atoms. The number of nitrogens with two attached hydrogens (primary N) is 1. The molecule has 0 aromatic heterocycles. The average molecular weight is 280 g/mol. The molecule has 0 radical (unpaired) electrons. The van der Waals surface area contributed by atoms with Crippen LogP contribution in [-0.2, 0) is 9.53 Å². The highest BCUT2D eigenvalue weighted by Gasteiger charge is 2.18. The number of carbonyl (C=O) groups is 2. The maximum absolute atomic E-state index is 11.9. The van der Waals surface area contributed by atoms with Gasteiger partial charge in [-0.05, 0) is 12.1 Å². The van der Waals surface area contributed by atoms with Crippen LogP contribution in [0.1, 0.15) is 10.4 Å². The van der Waals surface area contributed by atoms with E-state index in [1.165, 1.54) is 18.2 Å². The molecule has 1 fully saturated rings. The van der Waals surface area contributed by atoms with E-state index < -0.39 is 5.97 Å². The number of anilines is 1. The van der Waals surface area contributed by atoms with Gasteiger partial charge in [0.2, 0.25) is 0 Å². The molecule has 7 nitrogen and oxygen atoms in total. The Bertz CT molecular complexity index is 511. The van der Waals surface area contributed by atoms with E-state index in [0.29, 0.717) is 32.0 Å². The minimum Gasteiger partial charge on any atom is -0.483 e. The van der Waals surface area contributed by atoms with Gasteiger partial charge in [0, 0.05) is 24.8 Å². The van der Waals surface area contributed by atoms with E-state index >= 15 is 0 Å². The lowest BCUT2D eigenvalue weighted by molar-refractivity contribution is -0.137. The van der Waals surface area contributed by atoms with Crippen LogP contribution < -0.4 is 10.5 Å². The number of morpholine rings is 1. The number of hydrogen-bond donors (Lipinski definition) is 2. The standard InChI is InChI=1S/C13H16N2O5/c14-9-1-2-10(13(17)18)11(7-9)20-8-12(16)15-3-5-19-6-4-15/h1-2,7H,3-6,8,14H2,(H,17,18). The lowest BCUT2D eigenvalue weighted by Crippen LogP contribution is -2.43. The van der Waals surface area contributed by atoms with Crippen molar-refractivity contribution in [2.24, 2.45) is 0 Å². The third kappa shape index (κ3) is 3.39. The number of rotatable bonds is 4. The third-order valence-corrected chi connectivity index (χ3v) is 2.95. The lowest BCUT2D eigenvalue weighted by Gasteiger charge is -2.26. The summed E-state index contributed by atoms with van der Waals surface area (Å²) < 4.78 is 10.5. The number of hydrogen-bond acceptors (Lipinski definition) is 5. The van der Waals surface area contributed by atoms with Crippen molar-refractivity contribution in [3.63, 3.8) is 0 Å². The van der Waals surface area contributed by atoms with Crippen molar-refractivity contribution >= 4 is 17.6 Å². The number of nitrogens with zero attached hydrogens (tertiary/aromatic N) is 1. The topological polar surface area (TPSA) is 102 Å². The van der Waals surface area contributed by atoms with Gasteiger partial charge >= 0.3 is 5.97 Å². The molecular weight excluding hydrogens is 264 g/mol. The predicted molar refractivity (Wildman–Crippen MR) is 70.7 cm³/mol. The summed E-state index contributed by atoms with van der Waals surface area (Å²) in [5.74, 6) is -1.23.